The molecule has 54 heavy (non-hydrogen) atoms. The first-order valence-electron chi connectivity index (χ1n) is 16.1. The minimum Gasteiger partial charge on any atom is -0.494 e. The van der Waals surface area contributed by atoms with E-state index >= 15 is 0 Å². The molecule has 3 aromatic heterocycles. The number of hydrogen-bond donors (Lipinski definition) is 4. The van der Waals surface area contributed by atoms with Crippen LogP contribution in [0.2, 0.25) is 0 Å². The van der Waals surface area contributed by atoms with Gasteiger partial charge in [-0.1, -0.05) is 32.9 Å². The summed E-state index contributed by atoms with van der Waals surface area (Å²) in [6.07, 6.45) is 2.30. The maximum Gasteiger partial charge on any atom is 0.295 e. The number of benzene rings is 3. The summed E-state index contributed by atoms with van der Waals surface area (Å²) in [6, 6.07) is 19.1. The summed E-state index contributed by atoms with van der Waals surface area (Å²) in [4.78, 5) is 16.6. The van der Waals surface area contributed by atoms with Gasteiger partial charge in [0.2, 0.25) is 5.65 Å². The van der Waals surface area contributed by atoms with Gasteiger partial charge in [0.05, 0.1) is 34.6 Å². The maximum absolute atomic E-state index is 12.7. The van der Waals surface area contributed by atoms with Crippen LogP contribution in [-0.2, 0) is 32.1 Å². The number of anilines is 1. The fourth-order valence-electron chi connectivity index (χ4n) is 5.28. The Bertz CT molecular complexity index is 2650. The highest BCUT2D eigenvalue weighted by atomic mass is 32.2. The predicted octanol–water partition coefficient (Wildman–Crippen LogP) is 5.58. The molecule has 0 radical (unpaired) electrons. The van der Waals surface area contributed by atoms with Gasteiger partial charge < -0.3 is 10.1 Å². The lowest BCUT2D eigenvalue weighted by Gasteiger charge is -2.16. The third-order valence-corrected chi connectivity index (χ3v) is 9.67. The minimum absolute atomic E-state index is 0.0890. The third kappa shape index (κ3) is 8.18. The molecule has 0 atom stereocenters. The number of aromatic nitrogens is 6. The number of H-pyrrole nitrogens is 1. The van der Waals surface area contributed by atoms with Gasteiger partial charge in [0, 0.05) is 17.5 Å². The lowest BCUT2D eigenvalue weighted by atomic mass is 9.91. The van der Waals surface area contributed by atoms with Crippen molar-refractivity contribution in [3.8, 4) is 17.5 Å². The first-order valence-corrected chi connectivity index (χ1v) is 19.0. The van der Waals surface area contributed by atoms with Crippen LogP contribution >= 0.6 is 0 Å². The molecule has 0 aliphatic rings. The van der Waals surface area contributed by atoms with Crippen molar-refractivity contribution in [1.82, 2.24) is 29.6 Å². The number of hydrogen-bond acceptors (Lipinski definition) is 12. The summed E-state index contributed by atoms with van der Waals surface area (Å²) < 4.78 is 73.7. The highest BCUT2D eigenvalue weighted by molar-refractivity contribution is 7.86. The number of carbonyl (C=O) groups is 1. The average molecular weight is 773 g/mol. The zero-order valence-electron chi connectivity index (χ0n) is 28.9. The number of nitriles is 1. The van der Waals surface area contributed by atoms with Crippen molar-refractivity contribution >= 4 is 49.0 Å². The largest absolute Gasteiger partial charge is 0.494 e. The van der Waals surface area contributed by atoms with Crippen molar-refractivity contribution in [2.45, 2.75) is 48.8 Å². The molecule has 0 aliphatic carbocycles. The van der Waals surface area contributed by atoms with Gasteiger partial charge in [-0.05, 0) is 67.1 Å². The van der Waals surface area contributed by atoms with Crippen molar-refractivity contribution in [3.63, 3.8) is 0 Å². The number of nitrogens with zero attached hydrogens (tertiary/aromatic N) is 8. The SMILES string of the molecule is CC(C)(C)c1[nH]n2nc(CCCOc3ccc(NC(=O)c4ccccc4S(=O)(=O)O)cc3)nc2c1N=Nc1c(C#N)cnn1-c1ccc(S(=O)(=O)O)cc1. The van der Waals surface area contributed by atoms with Gasteiger partial charge in [-0.15, -0.1) is 15.3 Å². The van der Waals surface area contributed by atoms with Crippen LogP contribution in [0, 0.1) is 11.3 Å². The third-order valence-electron chi connectivity index (χ3n) is 7.89. The molecule has 0 spiro atoms. The van der Waals surface area contributed by atoms with E-state index in [1.807, 2.05) is 26.8 Å². The highest BCUT2D eigenvalue weighted by Crippen LogP contribution is 2.35. The van der Waals surface area contributed by atoms with E-state index in [-0.39, 0.29) is 21.8 Å². The van der Waals surface area contributed by atoms with Gasteiger partial charge in [-0.25, -0.2) is 9.67 Å². The molecule has 0 aliphatic heterocycles. The van der Waals surface area contributed by atoms with E-state index in [0.717, 1.165) is 6.07 Å². The molecule has 1 amide bonds. The fourth-order valence-corrected chi connectivity index (χ4v) is 6.44. The van der Waals surface area contributed by atoms with E-state index in [0.29, 0.717) is 59.4 Å². The van der Waals surface area contributed by atoms with Gasteiger partial charge in [-0.3, -0.25) is 19.0 Å². The van der Waals surface area contributed by atoms with Gasteiger partial charge in [0.15, 0.2) is 17.3 Å². The Morgan fingerprint density at radius 3 is 2.33 bits per heavy atom. The van der Waals surface area contributed by atoms with Crippen LogP contribution < -0.4 is 10.1 Å². The van der Waals surface area contributed by atoms with Crippen molar-refractivity contribution in [3.05, 3.63) is 102 Å². The second-order valence-corrected chi connectivity index (χ2v) is 15.6. The van der Waals surface area contributed by atoms with Crippen LogP contribution in [0.4, 0.5) is 17.2 Å². The lowest BCUT2D eigenvalue weighted by Crippen LogP contribution is -2.16. The molecule has 3 heterocycles. The number of fused-ring (bicyclic) bond motifs is 1. The molecule has 0 bridgehead atoms. The highest BCUT2D eigenvalue weighted by Gasteiger charge is 2.26. The van der Waals surface area contributed by atoms with Crippen LogP contribution in [0.25, 0.3) is 11.3 Å². The topological polar surface area (TPSA) is 259 Å². The first-order chi connectivity index (χ1) is 25.5. The maximum atomic E-state index is 12.7. The normalized spacial score (nSPS) is 12.3. The van der Waals surface area contributed by atoms with Crippen molar-refractivity contribution in [2.75, 3.05) is 11.9 Å². The Hall–Kier alpha value is -6.27. The summed E-state index contributed by atoms with van der Waals surface area (Å²) in [5, 5.41) is 33.2. The summed E-state index contributed by atoms with van der Waals surface area (Å²) in [5.74, 6) is 0.418. The number of ether oxygens (including phenoxy) is 1. The van der Waals surface area contributed by atoms with E-state index in [2.05, 4.69) is 35.8 Å². The standard InChI is InChI=1S/C34H32N10O8S2/c1-34(2,3)30-29(39-40-31-21(19-35)20-36-43(31)23-12-16-25(17-13-23)53(46,47)48)32-38-28(41-44(32)42-30)9-6-18-52-24-14-10-22(11-15-24)37-33(45)26-7-4-5-8-27(26)54(49,50)51/h4-5,7-8,10-17,20,42H,6,9,18H2,1-3H3,(H,37,45)(H,46,47,48)(H,49,50,51). The van der Waals surface area contributed by atoms with E-state index in [4.69, 9.17) is 4.74 Å². The number of carbonyl (C=O) groups excluding carboxylic acids is 1. The summed E-state index contributed by atoms with van der Waals surface area (Å²) in [7, 11) is -8.99. The minimum atomic E-state index is -4.59. The molecule has 3 aromatic carbocycles. The summed E-state index contributed by atoms with van der Waals surface area (Å²) >= 11 is 0. The van der Waals surface area contributed by atoms with Gasteiger partial charge in [-0.2, -0.15) is 31.8 Å². The molecule has 278 valence electrons. The Morgan fingerprint density at radius 2 is 1.69 bits per heavy atom. The predicted molar refractivity (Wildman–Crippen MR) is 193 cm³/mol. The molecular formula is C34H32N10O8S2. The molecule has 0 unspecified atom stereocenters. The molecule has 18 nitrogen and oxygen atoms in total. The van der Waals surface area contributed by atoms with Crippen LogP contribution in [0.15, 0.2) is 99.0 Å². The van der Waals surface area contributed by atoms with Crippen molar-refractivity contribution in [1.29, 1.82) is 5.26 Å². The quantitative estimate of drug-likeness (QED) is 0.0675. The smallest absolute Gasteiger partial charge is 0.295 e. The van der Waals surface area contributed by atoms with Crippen molar-refractivity contribution in [2.24, 2.45) is 10.2 Å². The zero-order valence-corrected chi connectivity index (χ0v) is 30.5. The molecular weight excluding hydrogens is 741 g/mol. The Kier molecular flexibility index (Phi) is 10.2. The lowest BCUT2D eigenvalue weighted by molar-refractivity contribution is 0.102. The number of nitrogens with one attached hydrogen (secondary N) is 2. The molecule has 6 rings (SSSR count). The number of aromatic amines is 1. The number of rotatable bonds is 12. The monoisotopic (exact) mass is 772 g/mol. The van der Waals surface area contributed by atoms with Gasteiger partial charge in [0.25, 0.3) is 26.1 Å². The van der Waals surface area contributed by atoms with Crippen molar-refractivity contribution < 1.29 is 35.5 Å². The second-order valence-electron chi connectivity index (χ2n) is 12.8. The van der Waals surface area contributed by atoms with Crippen LogP contribution in [0.3, 0.4) is 0 Å². The molecule has 0 saturated heterocycles. The molecule has 0 fully saturated rings. The van der Waals surface area contributed by atoms with E-state index in [1.165, 1.54) is 58.0 Å². The first kappa shape index (κ1) is 37.5. The molecule has 4 N–H and O–H groups in total. The Morgan fingerprint density at radius 1 is 0.981 bits per heavy atom. The Balaban J connectivity index is 1.13. The van der Waals surface area contributed by atoms with E-state index in [9.17, 15) is 36.0 Å². The summed E-state index contributed by atoms with van der Waals surface area (Å²) in [6.45, 7) is 6.23. The van der Waals surface area contributed by atoms with Crippen LogP contribution in [0.1, 0.15) is 54.6 Å². The second kappa shape index (κ2) is 14.6. The zero-order chi connectivity index (χ0) is 38.8. The van der Waals surface area contributed by atoms with Crippen LogP contribution in [-0.4, -0.2) is 68.0 Å². The average Bonchev–Trinajstić information content (AvgIpc) is 3.82. The van der Waals surface area contributed by atoms with E-state index < -0.39 is 36.5 Å². The Labute approximate surface area is 308 Å². The van der Waals surface area contributed by atoms with E-state index in [1.54, 1.807) is 24.3 Å². The number of aryl methyl sites for hydroxylation is 1. The molecule has 20 heteroatoms. The van der Waals surface area contributed by atoms with Gasteiger partial charge in [0.1, 0.15) is 22.3 Å². The fraction of sp³-hybridized carbons (Fsp3) is 0.206. The molecule has 6 aromatic rings. The molecule has 0 saturated carbocycles. The van der Waals surface area contributed by atoms with Crippen LogP contribution in [0.5, 0.6) is 5.75 Å². The van der Waals surface area contributed by atoms with Gasteiger partial charge >= 0.3 is 0 Å². The summed E-state index contributed by atoms with van der Waals surface area (Å²) in [5.41, 5.74) is 1.73. The number of amides is 1. The number of azo groups is 1.